The molecule has 126 valence electrons. The Morgan fingerprint density at radius 3 is 1.92 bits per heavy atom. The summed E-state index contributed by atoms with van der Waals surface area (Å²) in [5, 5.41) is 4.87. The van der Waals surface area contributed by atoms with Crippen LogP contribution in [0.1, 0.15) is 11.1 Å². The number of imide groups is 1. The number of hydrogen-bond acceptors (Lipinski definition) is 4. The normalized spacial score (nSPS) is 10.1. The Kier molecular flexibility index (Phi) is 5.89. The molecule has 2 aromatic rings. The maximum atomic E-state index is 12.1. The molecular formula is C17H21N5O2. The van der Waals surface area contributed by atoms with Crippen molar-refractivity contribution in [2.24, 2.45) is 11.5 Å². The number of nitrogens with zero attached hydrogens (tertiary/aromatic N) is 1. The molecule has 4 amide bonds. The van der Waals surface area contributed by atoms with Gasteiger partial charge in [-0.15, -0.1) is 0 Å². The molecule has 0 bridgehead atoms. The number of carbonyl (C=O) groups is 2. The zero-order chi connectivity index (χ0) is 17.5. The average Bonchev–Trinajstić information content (AvgIpc) is 2.61. The van der Waals surface area contributed by atoms with Gasteiger partial charge in [-0.3, -0.25) is 10.2 Å². The predicted molar refractivity (Wildman–Crippen MR) is 94.6 cm³/mol. The monoisotopic (exact) mass is 327 g/mol. The summed E-state index contributed by atoms with van der Waals surface area (Å²) in [6, 6.07) is 13.1. The molecule has 0 aliphatic rings. The van der Waals surface area contributed by atoms with Crippen molar-refractivity contribution in [1.82, 2.24) is 5.32 Å². The van der Waals surface area contributed by atoms with Crippen LogP contribution < -0.4 is 27.0 Å². The quantitative estimate of drug-likeness (QED) is 0.687. The van der Waals surface area contributed by atoms with Crippen LogP contribution in [0.4, 0.5) is 21.0 Å². The summed E-state index contributed by atoms with van der Waals surface area (Å²) in [4.78, 5) is 25.4. The van der Waals surface area contributed by atoms with Gasteiger partial charge in [0.15, 0.2) is 0 Å². The number of nitrogens with two attached hydrogens (primary N) is 2. The van der Waals surface area contributed by atoms with E-state index in [2.05, 4.69) is 10.6 Å². The molecule has 24 heavy (non-hydrogen) atoms. The second-order valence-corrected chi connectivity index (χ2v) is 5.21. The minimum atomic E-state index is -0.606. The lowest BCUT2D eigenvalue weighted by molar-refractivity contribution is 0.237. The smallest absolute Gasteiger partial charge is 0.326 e. The van der Waals surface area contributed by atoms with E-state index in [0.29, 0.717) is 24.5 Å². The van der Waals surface area contributed by atoms with Crippen LogP contribution in [0.15, 0.2) is 48.5 Å². The Hall–Kier alpha value is -2.90. The first kappa shape index (κ1) is 17.5. The summed E-state index contributed by atoms with van der Waals surface area (Å²) in [7, 11) is 1.58. The fraction of sp³-hybridized carbons (Fsp3) is 0.176. The first-order valence-corrected chi connectivity index (χ1v) is 7.47. The van der Waals surface area contributed by atoms with Gasteiger partial charge in [0.05, 0.1) is 0 Å². The van der Waals surface area contributed by atoms with Gasteiger partial charge >= 0.3 is 12.1 Å². The van der Waals surface area contributed by atoms with E-state index in [9.17, 15) is 9.59 Å². The standard InChI is InChI=1S/C17H21N5O2/c1-22(15-8-4-13(11-19)5-9-15)17(24)21-16(23)20-14-6-2-12(10-18)3-7-14/h2-9H,10-11,18-19H2,1H3,(H2,20,21,23,24). The molecule has 0 fully saturated rings. The van der Waals surface area contributed by atoms with E-state index < -0.39 is 12.1 Å². The van der Waals surface area contributed by atoms with Crippen LogP contribution in [0.5, 0.6) is 0 Å². The van der Waals surface area contributed by atoms with Gasteiger partial charge in [-0.1, -0.05) is 24.3 Å². The van der Waals surface area contributed by atoms with Crippen LogP contribution in [0.3, 0.4) is 0 Å². The number of benzene rings is 2. The largest absolute Gasteiger partial charge is 0.329 e. The number of nitrogens with one attached hydrogen (secondary N) is 2. The predicted octanol–water partition coefficient (Wildman–Crippen LogP) is 1.98. The van der Waals surface area contributed by atoms with Gasteiger partial charge in [0.25, 0.3) is 0 Å². The van der Waals surface area contributed by atoms with E-state index in [1.54, 1.807) is 31.3 Å². The zero-order valence-electron chi connectivity index (χ0n) is 13.5. The molecule has 6 N–H and O–H groups in total. The third-order valence-electron chi connectivity index (χ3n) is 3.53. The highest BCUT2D eigenvalue weighted by molar-refractivity contribution is 6.06. The Morgan fingerprint density at radius 2 is 1.42 bits per heavy atom. The van der Waals surface area contributed by atoms with E-state index in [1.807, 2.05) is 24.3 Å². The molecule has 0 atom stereocenters. The molecule has 2 rings (SSSR count). The molecular weight excluding hydrogens is 306 g/mol. The van der Waals surface area contributed by atoms with E-state index in [4.69, 9.17) is 11.5 Å². The molecule has 0 saturated carbocycles. The zero-order valence-corrected chi connectivity index (χ0v) is 13.5. The van der Waals surface area contributed by atoms with E-state index in [-0.39, 0.29) is 0 Å². The van der Waals surface area contributed by atoms with E-state index in [1.165, 1.54) is 4.90 Å². The molecule has 0 saturated heterocycles. The lowest BCUT2D eigenvalue weighted by Gasteiger charge is -2.18. The summed E-state index contributed by atoms with van der Waals surface area (Å²) < 4.78 is 0. The highest BCUT2D eigenvalue weighted by atomic mass is 16.2. The summed E-state index contributed by atoms with van der Waals surface area (Å²) in [5.74, 6) is 0. The Morgan fingerprint density at radius 1 is 0.917 bits per heavy atom. The Labute approximate surface area is 140 Å². The van der Waals surface area contributed by atoms with Gasteiger partial charge in [0.2, 0.25) is 0 Å². The first-order chi connectivity index (χ1) is 11.5. The van der Waals surface area contributed by atoms with Gasteiger partial charge in [-0.05, 0) is 35.4 Å². The fourth-order valence-corrected chi connectivity index (χ4v) is 2.04. The summed E-state index contributed by atoms with van der Waals surface area (Å²) in [6.45, 7) is 0.861. The van der Waals surface area contributed by atoms with Crippen LogP contribution in [0.2, 0.25) is 0 Å². The SMILES string of the molecule is CN(C(=O)NC(=O)Nc1ccc(CN)cc1)c1ccc(CN)cc1. The highest BCUT2D eigenvalue weighted by Crippen LogP contribution is 2.14. The number of rotatable bonds is 4. The molecule has 0 heterocycles. The van der Waals surface area contributed by atoms with Crippen molar-refractivity contribution < 1.29 is 9.59 Å². The number of hydrogen-bond donors (Lipinski definition) is 4. The molecule has 0 aliphatic carbocycles. The van der Waals surface area contributed by atoms with Crippen molar-refractivity contribution in [2.45, 2.75) is 13.1 Å². The van der Waals surface area contributed by atoms with Crippen molar-refractivity contribution in [3.05, 3.63) is 59.7 Å². The minimum absolute atomic E-state index is 0.429. The molecule has 7 heteroatoms. The lowest BCUT2D eigenvalue weighted by Crippen LogP contribution is -2.42. The highest BCUT2D eigenvalue weighted by Gasteiger charge is 2.14. The molecule has 0 unspecified atom stereocenters. The van der Waals surface area contributed by atoms with Crippen LogP contribution >= 0.6 is 0 Å². The Balaban J connectivity index is 1.92. The van der Waals surface area contributed by atoms with Crippen LogP contribution in [-0.2, 0) is 13.1 Å². The summed E-state index contributed by atoms with van der Waals surface area (Å²) in [5.41, 5.74) is 14.2. The lowest BCUT2D eigenvalue weighted by atomic mass is 10.2. The first-order valence-electron chi connectivity index (χ1n) is 7.47. The van der Waals surface area contributed by atoms with Crippen molar-refractivity contribution >= 4 is 23.4 Å². The molecule has 0 aliphatic heterocycles. The average molecular weight is 327 g/mol. The van der Waals surface area contributed by atoms with Crippen LogP contribution in [0, 0.1) is 0 Å². The van der Waals surface area contributed by atoms with Crippen molar-refractivity contribution in [1.29, 1.82) is 0 Å². The van der Waals surface area contributed by atoms with E-state index >= 15 is 0 Å². The minimum Gasteiger partial charge on any atom is -0.326 e. The van der Waals surface area contributed by atoms with Crippen LogP contribution in [0.25, 0.3) is 0 Å². The number of anilines is 2. The number of urea groups is 2. The van der Waals surface area contributed by atoms with Gasteiger partial charge in [-0.25, -0.2) is 9.59 Å². The molecule has 2 aromatic carbocycles. The van der Waals surface area contributed by atoms with E-state index in [0.717, 1.165) is 11.1 Å². The summed E-state index contributed by atoms with van der Waals surface area (Å²) >= 11 is 0. The van der Waals surface area contributed by atoms with Crippen molar-refractivity contribution in [3.8, 4) is 0 Å². The molecule has 0 radical (unpaired) electrons. The van der Waals surface area contributed by atoms with Gasteiger partial charge in [-0.2, -0.15) is 0 Å². The molecule has 7 nitrogen and oxygen atoms in total. The topological polar surface area (TPSA) is 113 Å². The van der Waals surface area contributed by atoms with Crippen LogP contribution in [-0.4, -0.2) is 19.1 Å². The fourth-order valence-electron chi connectivity index (χ4n) is 2.04. The third-order valence-corrected chi connectivity index (χ3v) is 3.53. The second kappa shape index (κ2) is 8.09. The second-order valence-electron chi connectivity index (χ2n) is 5.21. The molecule has 0 aromatic heterocycles. The maximum absolute atomic E-state index is 12.1. The van der Waals surface area contributed by atoms with Gasteiger partial charge < -0.3 is 16.8 Å². The number of amides is 4. The Bertz CT molecular complexity index is 698. The third kappa shape index (κ3) is 4.55. The van der Waals surface area contributed by atoms with Crippen molar-refractivity contribution in [2.75, 3.05) is 17.3 Å². The number of carbonyl (C=O) groups excluding carboxylic acids is 2. The van der Waals surface area contributed by atoms with Gasteiger partial charge in [0.1, 0.15) is 0 Å². The molecule has 0 spiro atoms. The summed E-state index contributed by atoms with van der Waals surface area (Å²) in [6.07, 6.45) is 0. The van der Waals surface area contributed by atoms with Gasteiger partial charge in [0, 0.05) is 31.5 Å². The maximum Gasteiger partial charge on any atom is 0.329 e. The van der Waals surface area contributed by atoms with Crippen molar-refractivity contribution in [3.63, 3.8) is 0 Å².